The molecule has 0 spiro atoms. The minimum atomic E-state index is -1.78. The Labute approximate surface area is 247 Å². The highest BCUT2D eigenvalue weighted by atomic mass is 17.2. The Bertz CT molecular complexity index is 1630. The third-order valence-electron chi connectivity index (χ3n) is 9.05. The molecule has 12 heteroatoms. The largest absolute Gasteiger partial charge is 0.482 e. The van der Waals surface area contributed by atoms with Crippen LogP contribution in [0.3, 0.4) is 0 Å². The van der Waals surface area contributed by atoms with Gasteiger partial charge in [-0.25, -0.2) is 9.78 Å². The van der Waals surface area contributed by atoms with Gasteiger partial charge in [0.1, 0.15) is 54.2 Å². The molecule has 6 N–H and O–H groups in total. The highest BCUT2D eigenvalue weighted by molar-refractivity contribution is 5.91. The molecular formula is C31H38N2O10. The lowest BCUT2D eigenvalue weighted by molar-refractivity contribution is -0.364. The van der Waals surface area contributed by atoms with Crippen LogP contribution >= 0.6 is 0 Å². The second-order valence-corrected chi connectivity index (χ2v) is 12.0. The molecule has 0 radical (unpaired) electrons. The van der Waals surface area contributed by atoms with Gasteiger partial charge >= 0.3 is 0 Å². The fourth-order valence-electron chi connectivity index (χ4n) is 6.52. The molecule has 2 aliphatic rings. The van der Waals surface area contributed by atoms with Gasteiger partial charge in [-0.2, -0.15) is 0 Å². The monoisotopic (exact) mass is 598 g/mol. The molecule has 232 valence electrons. The minimum absolute atomic E-state index is 0.124. The second kappa shape index (κ2) is 11.7. The Hall–Kier alpha value is -3.23. The molecule has 0 saturated heterocycles. The van der Waals surface area contributed by atoms with Gasteiger partial charge in [0.25, 0.3) is 0 Å². The van der Waals surface area contributed by atoms with Crippen molar-refractivity contribution in [2.24, 2.45) is 5.92 Å². The third-order valence-corrected chi connectivity index (χ3v) is 9.05. The number of aliphatic hydroxyl groups is 5. The fourth-order valence-corrected chi connectivity index (χ4v) is 6.52. The van der Waals surface area contributed by atoms with E-state index in [1.54, 1.807) is 13.0 Å². The van der Waals surface area contributed by atoms with E-state index in [-0.39, 0.29) is 11.3 Å². The minimum Gasteiger partial charge on any atom is -0.482 e. The molecule has 0 unspecified atom stereocenters. The zero-order valence-corrected chi connectivity index (χ0v) is 24.1. The molecule has 43 heavy (non-hydrogen) atoms. The van der Waals surface area contributed by atoms with Crippen molar-refractivity contribution in [1.29, 1.82) is 0 Å². The van der Waals surface area contributed by atoms with Gasteiger partial charge < -0.3 is 44.2 Å². The van der Waals surface area contributed by atoms with Crippen LogP contribution in [0.4, 0.5) is 0 Å². The van der Waals surface area contributed by atoms with Gasteiger partial charge in [0.05, 0.1) is 17.5 Å². The summed E-state index contributed by atoms with van der Waals surface area (Å²) in [5.74, 6) is 1.20. The number of aromatic amines is 1. The standard InChI is InChI=1S/C31H38N2O10/c1-16-9-22(35)20-10-18-11-25(43-40-15-24(37)28(39)27(38)23(36)14-34)31(2,19-5-3-4-6-19)42-29(18)26(30(20)41-16)33-12-17-7-8-32-21(17)13-33/h7-10,12-13,19,23-25,27-28,32,34,36-39H,3-6,11,14-15H2,1-2H3/t23-,24+,25-,27-,28-,31-/m1/s1. The predicted molar refractivity (Wildman–Crippen MR) is 155 cm³/mol. The predicted octanol–water partition coefficient (Wildman–Crippen LogP) is 2.01. The van der Waals surface area contributed by atoms with E-state index < -0.39 is 49.3 Å². The molecule has 0 amide bonds. The number of hydrogen-bond acceptors (Lipinski definition) is 10. The van der Waals surface area contributed by atoms with Crippen molar-refractivity contribution in [3.05, 3.63) is 58.3 Å². The molecule has 1 aromatic carbocycles. The van der Waals surface area contributed by atoms with Crippen LogP contribution in [0, 0.1) is 12.8 Å². The van der Waals surface area contributed by atoms with Crippen LogP contribution in [0.25, 0.3) is 27.6 Å². The third kappa shape index (κ3) is 5.37. The molecule has 3 aromatic heterocycles. The summed E-state index contributed by atoms with van der Waals surface area (Å²) in [6, 6.07) is 5.19. The zero-order valence-electron chi connectivity index (χ0n) is 24.1. The smallest absolute Gasteiger partial charge is 0.193 e. The molecule has 1 fully saturated rings. The number of hydrogen-bond donors (Lipinski definition) is 6. The van der Waals surface area contributed by atoms with Crippen molar-refractivity contribution < 1.29 is 44.5 Å². The summed E-state index contributed by atoms with van der Waals surface area (Å²) >= 11 is 0. The maximum Gasteiger partial charge on any atom is 0.193 e. The Morgan fingerprint density at radius 2 is 1.86 bits per heavy atom. The normalized spacial score (nSPS) is 23.7. The summed E-state index contributed by atoms with van der Waals surface area (Å²) in [5.41, 5.74) is 1.65. The van der Waals surface area contributed by atoms with Crippen molar-refractivity contribution in [2.45, 2.75) is 82.1 Å². The molecule has 1 aliphatic heterocycles. The lowest BCUT2D eigenvalue weighted by Gasteiger charge is -2.45. The molecule has 0 bridgehead atoms. The van der Waals surface area contributed by atoms with Crippen molar-refractivity contribution in [3.8, 4) is 11.4 Å². The Balaban J connectivity index is 1.37. The van der Waals surface area contributed by atoms with Crippen LogP contribution in [0.15, 0.2) is 46.0 Å². The van der Waals surface area contributed by atoms with E-state index in [9.17, 15) is 25.2 Å². The SMILES string of the molecule is Cc1cc(=O)c2cc3c(c(-n4cc5cc[nH]c5c4)c2o1)O[C@](C)(C1CCCC1)[C@H](OOC[C@H](O)[C@@H](O)[C@H](O)[C@H](O)CO)C3. The van der Waals surface area contributed by atoms with Gasteiger partial charge in [-0.1, -0.05) is 12.8 Å². The summed E-state index contributed by atoms with van der Waals surface area (Å²) in [6.45, 7) is 2.42. The maximum absolute atomic E-state index is 13.2. The molecular weight excluding hydrogens is 560 g/mol. The second-order valence-electron chi connectivity index (χ2n) is 12.0. The first-order chi connectivity index (χ1) is 20.6. The van der Waals surface area contributed by atoms with Crippen LogP contribution in [0.5, 0.6) is 5.75 Å². The van der Waals surface area contributed by atoms with E-state index >= 15 is 0 Å². The highest BCUT2D eigenvalue weighted by Crippen LogP contribution is 2.48. The first-order valence-corrected chi connectivity index (χ1v) is 14.7. The number of nitrogens with one attached hydrogen (secondary N) is 1. The number of fused-ring (bicyclic) bond motifs is 3. The Morgan fingerprint density at radius 1 is 1.12 bits per heavy atom. The number of aliphatic hydroxyl groups excluding tert-OH is 5. The molecule has 6 atom stereocenters. The molecule has 4 heterocycles. The number of nitrogens with zero attached hydrogens (tertiary/aromatic N) is 1. The molecule has 1 aliphatic carbocycles. The van der Waals surface area contributed by atoms with E-state index in [1.165, 1.54) is 6.07 Å². The van der Waals surface area contributed by atoms with E-state index in [4.69, 9.17) is 24.0 Å². The topological polar surface area (TPSA) is 180 Å². The van der Waals surface area contributed by atoms with Crippen LogP contribution in [0.2, 0.25) is 0 Å². The fraction of sp³-hybridized carbons (Fsp3) is 0.516. The van der Waals surface area contributed by atoms with Gasteiger partial charge in [0.2, 0.25) is 0 Å². The summed E-state index contributed by atoms with van der Waals surface area (Å²) in [7, 11) is 0. The van der Waals surface area contributed by atoms with Crippen molar-refractivity contribution >= 4 is 21.9 Å². The van der Waals surface area contributed by atoms with E-state index in [0.717, 1.165) is 42.1 Å². The first kappa shape index (κ1) is 29.8. The van der Waals surface area contributed by atoms with E-state index in [1.807, 2.05) is 36.1 Å². The Kier molecular flexibility index (Phi) is 8.11. The van der Waals surface area contributed by atoms with Gasteiger partial charge in [-0.15, -0.1) is 0 Å². The first-order valence-electron chi connectivity index (χ1n) is 14.7. The lowest BCUT2D eigenvalue weighted by Crippen LogP contribution is -2.55. The quantitative estimate of drug-likeness (QED) is 0.117. The van der Waals surface area contributed by atoms with Crippen molar-refractivity contribution in [3.63, 3.8) is 0 Å². The van der Waals surface area contributed by atoms with Crippen molar-refractivity contribution in [2.75, 3.05) is 13.2 Å². The highest BCUT2D eigenvalue weighted by Gasteiger charge is 2.50. The molecule has 1 saturated carbocycles. The number of H-pyrrole nitrogens is 1. The Morgan fingerprint density at radius 3 is 2.58 bits per heavy atom. The summed E-state index contributed by atoms with van der Waals surface area (Å²) in [6.07, 6.45) is 2.56. The van der Waals surface area contributed by atoms with E-state index in [2.05, 4.69) is 4.98 Å². The maximum atomic E-state index is 13.2. The van der Waals surface area contributed by atoms with Crippen LogP contribution in [0.1, 0.15) is 43.9 Å². The lowest BCUT2D eigenvalue weighted by atomic mass is 9.78. The van der Waals surface area contributed by atoms with Gasteiger partial charge in [0, 0.05) is 47.9 Å². The average molecular weight is 599 g/mol. The summed E-state index contributed by atoms with van der Waals surface area (Å²) in [4.78, 5) is 27.7. The number of ether oxygens (including phenoxy) is 1. The zero-order chi connectivity index (χ0) is 30.5. The van der Waals surface area contributed by atoms with Gasteiger partial charge in [-0.3, -0.25) is 4.79 Å². The van der Waals surface area contributed by atoms with Crippen LogP contribution in [-0.4, -0.2) is 84.4 Å². The number of aromatic nitrogens is 2. The van der Waals surface area contributed by atoms with Gasteiger partial charge in [-0.05, 0) is 38.8 Å². The average Bonchev–Trinajstić information content (AvgIpc) is 3.74. The van der Waals surface area contributed by atoms with E-state index in [0.29, 0.717) is 34.6 Å². The summed E-state index contributed by atoms with van der Waals surface area (Å²) < 4.78 is 15.0. The number of rotatable bonds is 10. The van der Waals surface area contributed by atoms with Crippen LogP contribution in [-0.2, 0) is 16.2 Å². The molecule has 12 nitrogen and oxygen atoms in total. The number of aryl methyl sites for hydroxylation is 1. The summed E-state index contributed by atoms with van der Waals surface area (Å²) in [5, 5.41) is 50.5. The van der Waals surface area contributed by atoms with Crippen LogP contribution < -0.4 is 10.2 Å². The van der Waals surface area contributed by atoms with Gasteiger partial charge in [0.15, 0.2) is 16.8 Å². The molecule has 4 aromatic rings. The van der Waals surface area contributed by atoms with Crippen molar-refractivity contribution in [1.82, 2.24) is 9.55 Å². The number of benzene rings is 1. The molecule has 6 rings (SSSR count).